The minimum Gasteiger partial charge on any atom is -0.495 e. The van der Waals surface area contributed by atoms with Crippen LogP contribution in [-0.2, 0) is 14.8 Å². The van der Waals surface area contributed by atoms with Crippen molar-refractivity contribution in [1.29, 1.82) is 0 Å². The molecule has 176 valence electrons. The van der Waals surface area contributed by atoms with Crippen molar-refractivity contribution >= 4 is 61.3 Å². The van der Waals surface area contributed by atoms with Crippen molar-refractivity contribution in [3.8, 4) is 11.5 Å². The molecule has 3 rings (SSSR count). The number of methoxy groups -OCH3 is 1. The van der Waals surface area contributed by atoms with E-state index in [4.69, 9.17) is 32.7 Å². The standard InChI is InChI=1S/C21H21Cl2N3O5S2/c1-13-10-16(18(30-2)12-19(13)33(28,29)26-21-24-7-9-32-21)25-20(27)4-3-8-31-17-6-5-14(22)11-15(17)23/h5-7,9-12H,3-4,8H2,1-2H3,(H,24,26)(H,25,27). The Balaban J connectivity index is 1.61. The van der Waals surface area contributed by atoms with Gasteiger partial charge in [0.2, 0.25) is 5.91 Å². The summed E-state index contributed by atoms with van der Waals surface area (Å²) in [5.74, 6) is 0.439. The number of anilines is 2. The van der Waals surface area contributed by atoms with Gasteiger partial charge in [-0.05, 0) is 43.2 Å². The fourth-order valence-corrected chi connectivity index (χ4v) is 5.38. The van der Waals surface area contributed by atoms with E-state index in [-0.39, 0.29) is 34.7 Å². The summed E-state index contributed by atoms with van der Waals surface area (Å²) in [5.41, 5.74) is 0.811. The number of sulfonamides is 1. The van der Waals surface area contributed by atoms with Gasteiger partial charge in [-0.15, -0.1) is 11.3 Å². The van der Waals surface area contributed by atoms with E-state index in [1.165, 1.54) is 30.7 Å². The molecule has 0 fully saturated rings. The zero-order valence-corrected chi connectivity index (χ0v) is 20.9. The van der Waals surface area contributed by atoms with E-state index >= 15 is 0 Å². The second-order valence-corrected chi connectivity index (χ2v) is 10.2. The lowest BCUT2D eigenvalue weighted by Crippen LogP contribution is -2.16. The third-order valence-electron chi connectivity index (χ3n) is 4.41. The molecule has 1 aromatic heterocycles. The number of rotatable bonds is 10. The highest BCUT2D eigenvalue weighted by Gasteiger charge is 2.21. The van der Waals surface area contributed by atoms with Crippen LogP contribution < -0.4 is 19.5 Å². The highest BCUT2D eigenvalue weighted by Crippen LogP contribution is 2.32. The number of carbonyl (C=O) groups is 1. The quantitative estimate of drug-likeness (QED) is 0.342. The molecule has 8 nitrogen and oxygen atoms in total. The van der Waals surface area contributed by atoms with Gasteiger partial charge in [0, 0.05) is 29.1 Å². The molecule has 0 spiro atoms. The summed E-state index contributed by atoms with van der Waals surface area (Å²) in [6, 6.07) is 7.83. The zero-order chi connectivity index (χ0) is 24.0. The Labute approximate surface area is 205 Å². The Morgan fingerprint density at radius 1 is 1.18 bits per heavy atom. The number of carbonyl (C=O) groups excluding carboxylic acids is 1. The van der Waals surface area contributed by atoms with Crippen LogP contribution in [0.15, 0.2) is 46.8 Å². The highest BCUT2D eigenvalue weighted by atomic mass is 35.5. The molecule has 0 saturated carbocycles. The highest BCUT2D eigenvalue weighted by molar-refractivity contribution is 7.93. The van der Waals surface area contributed by atoms with E-state index in [9.17, 15) is 13.2 Å². The van der Waals surface area contributed by atoms with Gasteiger partial charge >= 0.3 is 0 Å². The van der Waals surface area contributed by atoms with Crippen molar-refractivity contribution in [3.05, 3.63) is 57.5 Å². The van der Waals surface area contributed by atoms with E-state index in [2.05, 4.69) is 15.0 Å². The lowest BCUT2D eigenvalue weighted by Gasteiger charge is -2.15. The van der Waals surface area contributed by atoms with Crippen molar-refractivity contribution in [2.75, 3.05) is 23.8 Å². The number of amides is 1. The van der Waals surface area contributed by atoms with E-state index in [0.717, 1.165) is 0 Å². The first-order valence-corrected chi connectivity index (χ1v) is 12.8. The topological polar surface area (TPSA) is 107 Å². The molecule has 2 aromatic carbocycles. The smallest absolute Gasteiger partial charge is 0.264 e. The summed E-state index contributed by atoms with van der Waals surface area (Å²) >= 11 is 13.1. The maximum Gasteiger partial charge on any atom is 0.264 e. The minimum absolute atomic E-state index is 0.0285. The van der Waals surface area contributed by atoms with Crippen LogP contribution in [0.2, 0.25) is 10.0 Å². The lowest BCUT2D eigenvalue weighted by atomic mass is 10.2. The van der Waals surface area contributed by atoms with Crippen LogP contribution in [0.25, 0.3) is 0 Å². The van der Waals surface area contributed by atoms with Crippen molar-refractivity contribution in [2.24, 2.45) is 0 Å². The van der Waals surface area contributed by atoms with Gasteiger partial charge in [-0.25, -0.2) is 13.4 Å². The van der Waals surface area contributed by atoms with E-state index in [1.807, 2.05) is 0 Å². The first kappa shape index (κ1) is 25.1. The van der Waals surface area contributed by atoms with Crippen LogP contribution >= 0.6 is 34.5 Å². The van der Waals surface area contributed by atoms with Gasteiger partial charge in [-0.3, -0.25) is 9.52 Å². The molecule has 2 N–H and O–H groups in total. The third kappa shape index (κ3) is 6.73. The molecule has 0 aliphatic heterocycles. The summed E-state index contributed by atoms with van der Waals surface area (Å²) in [5, 5.41) is 5.58. The summed E-state index contributed by atoms with van der Waals surface area (Å²) in [7, 11) is -2.47. The second kappa shape index (κ2) is 11.1. The molecule has 33 heavy (non-hydrogen) atoms. The summed E-state index contributed by atoms with van der Waals surface area (Å²) in [4.78, 5) is 16.4. The van der Waals surface area contributed by atoms with Crippen molar-refractivity contribution in [2.45, 2.75) is 24.7 Å². The largest absolute Gasteiger partial charge is 0.495 e. The molecule has 0 unspecified atom stereocenters. The third-order valence-corrected chi connectivity index (χ3v) is 7.24. The van der Waals surface area contributed by atoms with Crippen molar-refractivity contribution < 1.29 is 22.7 Å². The number of hydrogen-bond acceptors (Lipinski definition) is 7. The molecule has 12 heteroatoms. The van der Waals surface area contributed by atoms with Gasteiger partial charge in [0.1, 0.15) is 11.5 Å². The monoisotopic (exact) mass is 529 g/mol. The van der Waals surface area contributed by atoms with Crippen LogP contribution in [-0.4, -0.2) is 33.0 Å². The molecule has 3 aromatic rings. The minimum atomic E-state index is -3.87. The first-order valence-electron chi connectivity index (χ1n) is 9.68. The zero-order valence-electron chi connectivity index (χ0n) is 17.7. The van der Waals surface area contributed by atoms with Crippen LogP contribution in [0.1, 0.15) is 18.4 Å². The van der Waals surface area contributed by atoms with Gasteiger partial charge in [-0.2, -0.15) is 0 Å². The Hall–Kier alpha value is -2.53. The number of halogens is 2. The molecular formula is C21H21Cl2N3O5S2. The molecule has 0 aliphatic carbocycles. The Bertz CT molecular complexity index is 1230. The fourth-order valence-electron chi connectivity index (χ4n) is 2.89. The number of nitrogens with one attached hydrogen (secondary N) is 2. The SMILES string of the molecule is COc1cc(S(=O)(=O)Nc2nccs2)c(C)cc1NC(=O)CCCOc1ccc(Cl)cc1Cl. The van der Waals surface area contributed by atoms with E-state index < -0.39 is 10.0 Å². The van der Waals surface area contributed by atoms with Crippen molar-refractivity contribution in [3.63, 3.8) is 0 Å². The van der Waals surface area contributed by atoms with Crippen LogP contribution in [0.4, 0.5) is 10.8 Å². The van der Waals surface area contributed by atoms with Gasteiger partial charge < -0.3 is 14.8 Å². The summed E-state index contributed by atoms with van der Waals surface area (Å²) in [6.07, 6.45) is 2.12. The summed E-state index contributed by atoms with van der Waals surface area (Å²) in [6.45, 7) is 1.92. The number of nitrogens with zero attached hydrogens (tertiary/aromatic N) is 1. The van der Waals surface area contributed by atoms with E-state index in [1.54, 1.807) is 36.6 Å². The predicted octanol–water partition coefficient (Wildman–Crippen LogP) is 5.37. The molecule has 0 atom stereocenters. The fraction of sp³-hybridized carbons (Fsp3) is 0.238. The molecule has 0 radical (unpaired) electrons. The maximum atomic E-state index is 12.7. The van der Waals surface area contributed by atoms with Gasteiger partial charge in [0.05, 0.1) is 29.3 Å². The number of aromatic nitrogens is 1. The molecule has 0 bridgehead atoms. The Kier molecular flexibility index (Phi) is 8.41. The van der Waals surface area contributed by atoms with Crippen LogP contribution in [0.3, 0.4) is 0 Å². The lowest BCUT2D eigenvalue weighted by molar-refractivity contribution is -0.116. The normalized spacial score (nSPS) is 11.2. The average molecular weight is 530 g/mol. The van der Waals surface area contributed by atoms with Crippen LogP contribution in [0, 0.1) is 6.92 Å². The molecule has 0 aliphatic rings. The molecule has 1 amide bonds. The predicted molar refractivity (Wildman–Crippen MR) is 130 cm³/mol. The van der Waals surface area contributed by atoms with E-state index in [0.29, 0.717) is 33.5 Å². The van der Waals surface area contributed by atoms with Gasteiger partial charge in [0.15, 0.2) is 5.13 Å². The number of ether oxygens (including phenoxy) is 2. The number of hydrogen-bond donors (Lipinski definition) is 2. The van der Waals surface area contributed by atoms with Crippen LogP contribution in [0.5, 0.6) is 11.5 Å². The number of aryl methyl sites for hydroxylation is 1. The number of benzene rings is 2. The molecule has 0 saturated heterocycles. The number of thiazole rings is 1. The van der Waals surface area contributed by atoms with Gasteiger partial charge in [-0.1, -0.05) is 23.2 Å². The van der Waals surface area contributed by atoms with Crippen molar-refractivity contribution in [1.82, 2.24) is 4.98 Å². The Morgan fingerprint density at radius 2 is 1.97 bits per heavy atom. The Morgan fingerprint density at radius 3 is 2.64 bits per heavy atom. The molecule has 1 heterocycles. The second-order valence-electron chi connectivity index (χ2n) is 6.84. The van der Waals surface area contributed by atoms with Gasteiger partial charge in [0.25, 0.3) is 10.0 Å². The molecular weight excluding hydrogens is 509 g/mol. The maximum absolute atomic E-state index is 12.7. The first-order chi connectivity index (χ1) is 15.7. The average Bonchev–Trinajstić information content (AvgIpc) is 3.24. The summed E-state index contributed by atoms with van der Waals surface area (Å²) < 4.78 is 38.8.